The van der Waals surface area contributed by atoms with E-state index in [9.17, 15) is 10.2 Å². The van der Waals surface area contributed by atoms with Crippen LogP contribution in [-0.2, 0) is 6.54 Å². The maximum Gasteiger partial charge on any atom is 0.226 e. The monoisotopic (exact) mass is 468 g/mol. The summed E-state index contributed by atoms with van der Waals surface area (Å²) in [5, 5.41) is 40.6. The lowest BCUT2D eigenvalue weighted by Gasteiger charge is -2.49. The largest absolute Gasteiger partial charge is 0.390 e. The Hall–Kier alpha value is -2.72. The van der Waals surface area contributed by atoms with E-state index >= 15 is 0 Å². The summed E-state index contributed by atoms with van der Waals surface area (Å²) in [6, 6.07) is 2.09. The van der Waals surface area contributed by atoms with E-state index in [2.05, 4.69) is 32.9 Å². The highest BCUT2D eigenvalue weighted by Gasteiger charge is 2.45. The number of nitrogens with one attached hydrogen (secondary N) is 3. The first-order chi connectivity index (χ1) is 16.0. The van der Waals surface area contributed by atoms with Gasteiger partial charge >= 0.3 is 0 Å². The first kappa shape index (κ1) is 23.0. The summed E-state index contributed by atoms with van der Waals surface area (Å²) >= 11 is 0. The molecule has 5 atom stereocenters. The molecule has 10 nitrogen and oxygen atoms in total. The molecular weight excluding hydrogens is 432 g/mol. The average molecular weight is 469 g/mol. The Balaban J connectivity index is 1.51. The van der Waals surface area contributed by atoms with E-state index in [4.69, 9.17) is 9.97 Å². The number of aliphatic hydroxyl groups is 2. The summed E-state index contributed by atoms with van der Waals surface area (Å²) in [5.41, 5.74) is 0.0319. The van der Waals surface area contributed by atoms with Crippen molar-refractivity contribution in [3.8, 4) is 0 Å². The van der Waals surface area contributed by atoms with Gasteiger partial charge in [-0.25, -0.2) is 4.68 Å². The van der Waals surface area contributed by atoms with Crippen LogP contribution in [0.3, 0.4) is 0 Å². The van der Waals surface area contributed by atoms with Crippen molar-refractivity contribution in [2.75, 3.05) is 10.6 Å². The topological polar surface area (TPSA) is 137 Å². The van der Waals surface area contributed by atoms with Crippen LogP contribution in [-0.4, -0.2) is 57.4 Å². The average Bonchev–Trinajstić information content (AvgIpc) is 3.29. The molecule has 10 heteroatoms. The fourth-order valence-electron chi connectivity index (χ4n) is 6.06. The number of nitrogens with zero attached hydrogens (tertiary/aromatic N) is 5. The van der Waals surface area contributed by atoms with Crippen molar-refractivity contribution < 1.29 is 10.2 Å². The lowest BCUT2D eigenvalue weighted by molar-refractivity contribution is -0.0502. The number of aromatic amines is 1. The van der Waals surface area contributed by atoms with Crippen molar-refractivity contribution in [3.05, 3.63) is 18.0 Å². The van der Waals surface area contributed by atoms with Crippen LogP contribution in [0.15, 0.2) is 12.3 Å². The van der Waals surface area contributed by atoms with Gasteiger partial charge in [-0.1, -0.05) is 6.92 Å². The molecule has 2 aliphatic carbocycles. The molecule has 0 amide bonds. The molecule has 2 bridgehead atoms. The second-order valence-corrected chi connectivity index (χ2v) is 11.5. The predicted octanol–water partition coefficient (Wildman–Crippen LogP) is 3.36. The SMILES string of the molecule is Cc1cc(Nc2nc(NC3C(C)CC4CC3CC(C)(O)C4)nc3c2cnn3CC(C)(C)O)n[nH]1. The van der Waals surface area contributed by atoms with E-state index in [0.717, 1.165) is 36.8 Å². The van der Waals surface area contributed by atoms with Gasteiger partial charge in [-0.15, -0.1) is 0 Å². The van der Waals surface area contributed by atoms with Gasteiger partial charge in [0.1, 0.15) is 5.82 Å². The molecule has 34 heavy (non-hydrogen) atoms. The van der Waals surface area contributed by atoms with Crippen LogP contribution < -0.4 is 10.6 Å². The van der Waals surface area contributed by atoms with Crippen molar-refractivity contribution in [1.82, 2.24) is 29.9 Å². The summed E-state index contributed by atoms with van der Waals surface area (Å²) in [7, 11) is 0. The van der Waals surface area contributed by atoms with E-state index in [1.165, 1.54) is 0 Å². The number of rotatable bonds is 6. The smallest absolute Gasteiger partial charge is 0.226 e. The molecule has 0 radical (unpaired) electrons. The Morgan fingerprint density at radius 1 is 1.26 bits per heavy atom. The minimum atomic E-state index is -0.940. The number of aromatic nitrogens is 6. The van der Waals surface area contributed by atoms with Crippen LogP contribution in [0.4, 0.5) is 17.6 Å². The van der Waals surface area contributed by atoms with Gasteiger partial charge in [0.05, 0.1) is 29.3 Å². The molecule has 5 rings (SSSR count). The molecule has 3 heterocycles. The number of hydrogen-bond acceptors (Lipinski definition) is 8. The second kappa shape index (κ2) is 8.20. The van der Waals surface area contributed by atoms with Gasteiger partial charge in [-0.2, -0.15) is 20.2 Å². The van der Waals surface area contributed by atoms with Gasteiger partial charge in [-0.05, 0) is 71.1 Å². The zero-order chi connectivity index (χ0) is 24.3. The first-order valence-corrected chi connectivity index (χ1v) is 12.2. The molecule has 184 valence electrons. The minimum absolute atomic E-state index is 0.173. The molecule has 2 saturated carbocycles. The van der Waals surface area contributed by atoms with Gasteiger partial charge in [-0.3, -0.25) is 5.10 Å². The Labute approximate surface area is 199 Å². The van der Waals surface area contributed by atoms with E-state index in [1.54, 1.807) is 24.7 Å². The van der Waals surface area contributed by atoms with E-state index in [-0.39, 0.29) is 6.04 Å². The Kier molecular flexibility index (Phi) is 5.55. The lowest BCUT2D eigenvalue weighted by Crippen LogP contribution is -2.50. The molecule has 0 spiro atoms. The highest BCUT2D eigenvalue weighted by Crippen LogP contribution is 2.47. The van der Waals surface area contributed by atoms with Crippen LogP contribution in [0.2, 0.25) is 0 Å². The molecule has 5 unspecified atom stereocenters. The molecule has 0 aromatic carbocycles. The predicted molar refractivity (Wildman–Crippen MR) is 131 cm³/mol. The quantitative estimate of drug-likeness (QED) is 0.371. The second-order valence-electron chi connectivity index (χ2n) is 11.5. The molecule has 3 aromatic heterocycles. The number of aryl methyl sites for hydroxylation is 1. The Bertz CT molecular complexity index is 1180. The Morgan fingerprint density at radius 3 is 2.76 bits per heavy atom. The van der Waals surface area contributed by atoms with Crippen LogP contribution in [0.25, 0.3) is 11.0 Å². The third-order valence-electron chi connectivity index (χ3n) is 7.17. The first-order valence-electron chi connectivity index (χ1n) is 12.2. The molecule has 0 saturated heterocycles. The van der Waals surface area contributed by atoms with Crippen molar-refractivity contribution in [2.24, 2.45) is 17.8 Å². The molecule has 2 aliphatic rings. The number of fused-ring (bicyclic) bond motifs is 3. The normalized spacial score (nSPS) is 29.4. The summed E-state index contributed by atoms with van der Waals surface area (Å²) < 4.78 is 1.72. The zero-order valence-electron chi connectivity index (χ0n) is 20.6. The number of anilines is 3. The fourth-order valence-corrected chi connectivity index (χ4v) is 6.06. The summed E-state index contributed by atoms with van der Waals surface area (Å²) in [6.07, 6.45) is 5.59. The maximum atomic E-state index is 10.8. The third kappa shape index (κ3) is 4.74. The number of H-pyrrole nitrogens is 1. The van der Waals surface area contributed by atoms with Crippen LogP contribution >= 0.6 is 0 Å². The van der Waals surface area contributed by atoms with Crippen LogP contribution in [0.5, 0.6) is 0 Å². The minimum Gasteiger partial charge on any atom is -0.390 e. The summed E-state index contributed by atoms with van der Waals surface area (Å²) in [5.74, 6) is 3.17. The molecule has 3 aromatic rings. The van der Waals surface area contributed by atoms with Gasteiger partial charge in [0, 0.05) is 17.8 Å². The summed E-state index contributed by atoms with van der Waals surface area (Å²) in [6.45, 7) is 9.99. The van der Waals surface area contributed by atoms with Gasteiger partial charge in [0.2, 0.25) is 5.95 Å². The molecule has 5 N–H and O–H groups in total. The van der Waals surface area contributed by atoms with Gasteiger partial charge in [0.15, 0.2) is 11.5 Å². The highest BCUT2D eigenvalue weighted by atomic mass is 16.3. The third-order valence-corrected chi connectivity index (χ3v) is 7.17. The number of hydrogen-bond donors (Lipinski definition) is 5. The van der Waals surface area contributed by atoms with Crippen molar-refractivity contribution >= 4 is 28.6 Å². The zero-order valence-corrected chi connectivity index (χ0v) is 20.6. The van der Waals surface area contributed by atoms with Crippen molar-refractivity contribution in [3.63, 3.8) is 0 Å². The van der Waals surface area contributed by atoms with Crippen LogP contribution in [0, 0.1) is 24.7 Å². The summed E-state index contributed by atoms with van der Waals surface area (Å²) in [4.78, 5) is 9.65. The lowest BCUT2D eigenvalue weighted by atomic mass is 9.61. The van der Waals surface area contributed by atoms with Gasteiger partial charge in [0.25, 0.3) is 0 Å². The maximum absolute atomic E-state index is 10.8. The van der Waals surface area contributed by atoms with Gasteiger partial charge < -0.3 is 20.8 Å². The standard InChI is InChI=1S/C24H36N8O2/c1-13-6-15-8-16(10-24(5,34)9-15)19(13)27-22-28-20(26-18-7-14(2)30-31-18)17-11-25-32(21(17)29-22)12-23(3,4)33/h7,11,13,15-16,19,33-34H,6,8-10,12H2,1-5H3,(H3,26,27,28,29,30,31). The molecular formula is C24H36N8O2. The van der Waals surface area contributed by atoms with Crippen molar-refractivity contribution in [1.29, 1.82) is 0 Å². The van der Waals surface area contributed by atoms with E-state index in [0.29, 0.717) is 47.5 Å². The van der Waals surface area contributed by atoms with Crippen molar-refractivity contribution in [2.45, 2.75) is 84.1 Å². The van der Waals surface area contributed by atoms with Crippen LogP contribution in [0.1, 0.15) is 59.1 Å². The fraction of sp³-hybridized carbons (Fsp3) is 0.667. The highest BCUT2D eigenvalue weighted by molar-refractivity contribution is 5.89. The Morgan fingerprint density at radius 2 is 2.06 bits per heavy atom. The van der Waals surface area contributed by atoms with E-state index in [1.807, 2.05) is 19.9 Å². The van der Waals surface area contributed by atoms with E-state index < -0.39 is 11.2 Å². The molecule has 2 fully saturated rings. The molecule has 0 aliphatic heterocycles.